The first-order valence-electron chi connectivity index (χ1n) is 6.36. The van der Waals surface area contributed by atoms with Gasteiger partial charge >= 0.3 is 0 Å². The first kappa shape index (κ1) is 8.32. The van der Waals surface area contributed by atoms with E-state index in [2.05, 4.69) is 13.8 Å². The van der Waals surface area contributed by atoms with Crippen LogP contribution in [0.4, 0.5) is 0 Å². The molecule has 0 aromatic heterocycles. The van der Waals surface area contributed by atoms with Crippen LogP contribution in [0.3, 0.4) is 0 Å². The van der Waals surface area contributed by atoms with Crippen molar-refractivity contribution in [1.29, 1.82) is 0 Å². The largest absolute Gasteiger partial charge is 0.0654 e. The summed E-state index contributed by atoms with van der Waals surface area (Å²) in [7, 11) is 0. The van der Waals surface area contributed by atoms with Gasteiger partial charge in [-0.15, -0.1) is 0 Å². The highest BCUT2D eigenvalue weighted by molar-refractivity contribution is 5.15. The van der Waals surface area contributed by atoms with Crippen molar-refractivity contribution in [3.8, 4) is 0 Å². The fourth-order valence-corrected chi connectivity index (χ4v) is 4.85. The Kier molecular flexibility index (Phi) is 1.76. The van der Waals surface area contributed by atoms with Crippen molar-refractivity contribution in [2.45, 2.75) is 46.0 Å². The van der Waals surface area contributed by atoms with Crippen LogP contribution in [0.2, 0.25) is 0 Å². The Labute approximate surface area is 82.1 Å². The molecule has 0 aliphatic heterocycles. The van der Waals surface area contributed by atoms with Crippen molar-refractivity contribution in [2.75, 3.05) is 0 Å². The molecule has 0 saturated heterocycles. The molecule has 0 spiro atoms. The van der Waals surface area contributed by atoms with E-state index >= 15 is 0 Å². The molecule has 13 heavy (non-hydrogen) atoms. The van der Waals surface area contributed by atoms with E-state index < -0.39 is 0 Å². The van der Waals surface area contributed by atoms with Gasteiger partial charge in [-0.25, -0.2) is 0 Å². The molecule has 3 saturated carbocycles. The van der Waals surface area contributed by atoms with Gasteiger partial charge in [-0.3, -0.25) is 0 Å². The zero-order valence-electron chi connectivity index (χ0n) is 9.00. The zero-order valence-corrected chi connectivity index (χ0v) is 9.00. The van der Waals surface area contributed by atoms with Gasteiger partial charge in [0.05, 0.1) is 0 Å². The molecule has 0 heteroatoms. The molecule has 3 aliphatic rings. The molecule has 3 aliphatic carbocycles. The Morgan fingerprint density at radius 2 is 1.69 bits per heavy atom. The second-order valence-corrected chi connectivity index (χ2v) is 5.67. The summed E-state index contributed by atoms with van der Waals surface area (Å²) < 4.78 is 0. The number of hydrogen-bond donors (Lipinski definition) is 0. The lowest BCUT2D eigenvalue weighted by Crippen LogP contribution is -2.08. The average Bonchev–Trinajstić information content (AvgIpc) is 2.60. The summed E-state index contributed by atoms with van der Waals surface area (Å²) in [4.78, 5) is 0. The summed E-state index contributed by atoms with van der Waals surface area (Å²) in [5.74, 6) is 7.11. The number of hydrogen-bond acceptors (Lipinski definition) is 0. The summed E-state index contributed by atoms with van der Waals surface area (Å²) in [6, 6.07) is 0. The highest BCUT2D eigenvalue weighted by Gasteiger charge is 2.67. The van der Waals surface area contributed by atoms with Crippen LogP contribution in [0, 0.1) is 35.5 Å². The minimum absolute atomic E-state index is 1.13. The maximum absolute atomic E-state index is 2.40. The maximum Gasteiger partial charge on any atom is -0.0318 e. The van der Waals surface area contributed by atoms with E-state index in [0.717, 1.165) is 11.8 Å². The van der Waals surface area contributed by atoms with Crippen molar-refractivity contribution in [2.24, 2.45) is 35.5 Å². The van der Waals surface area contributed by atoms with Gasteiger partial charge in [-0.1, -0.05) is 33.1 Å². The van der Waals surface area contributed by atoms with Crippen molar-refractivity contribution in [3.05, 3.63) is 0 Å². The Hall–Kier alpha value is 0. The van der Waals surface area contributed by atoms with Crippen molar-refractivity contribution < 1.29 is 0 Å². The van der Waals surface area contributed by atoms with E-state index in [1.54, 1.807) is 12.8 Å². The van der Waals surface area contributed by atoms with Gasteiger partial charge in [0, 0.05) is 0 Å². The molecule has 0 nitrogen and oxygen atoms in total. The Bertz CT molecular complexity index is 204. The molecule has 6 atom stereocenters. The lowest BCUT2D eigenvalue weighted by Gasteiger charge is -2.16. The summed E-state index contributed by atoms with van der Waals surface area (Å²) in [5.41, 5.74) is 0. The molecular formula is C13H22. The summed E-state index contributed by atoms with van der Waals surface area (Å²) in [5, 5.41) is 0. The van der Waals surface area contributed by atoms with Crippen LogP contribution in [0.1, 0.15) is 46.0 Å². The van der Waals surface area contributed by atoms with Crippen LogP contribution in [0.15, 0.2) is 0 Å². The highest BCUT2D eigenvalue weighted by Crippen LogP contribution is 2.73. The first-order valence-corrected chi connectivity index (χ1v) is 6.36. The second-order valence-electron chi connectivity index (χ2n) is 5.67. The predicted octanol–water partition coefficient (Wildman–Crippen LogP) is 3.71. The molecule has 0 aromatic carbocycles. The van der Waals surface area contributed by atoms with Crippen LogP contribution < -0.4 is 0 Å². The molecule has 3 rings (SSSR count). The second kappa shape index (κ2) is 2.74. The third-order valence-electron chi connectivity index (χ3n) is 5.27. The van der Waals surface area contributed by atoms with E-state index in [4.69, 9.17) is 0 Å². The first-order chi connectivity index (χ1) is 6.36. The van der Waals surface area contributed by atoms with Crippen LogP contribution in [-0.4, -0.2) is 0 Å². The Morgan fingerprint density at radius 1 is 0.923 bits per heavy atom. The minimum atomic E-state index is 1.13. The topological polar surface area (TPSA) is 0 Å². The molecule has 0 N–H and O–H groups in total. The molecular weight excluding hydrogens is 156 g/mol. The van der Waals surface area contributed by atoms with Crippen molar-refractivity contribution in [3.63, 3.8) is 0 Å². The van der Waals surface area contributed by atoms with Crippen LogP contribution in [-0.2, 0) is 0 Å². The molecule has 74 valence electrons. The number of fused-ring (bicyclic) bond motifs is 1. The van der Waals surface area contributed by atoms with E-state index in [-0.39, 0.29) is 0 Å². The lowest BCUT2D eigenvalue weighted by molar-refractivity contribution is 0.335. The van der Waals surface area contributed by atoms with E-state index in [9.17, 15) is 0 Å². The van der Waals surface area contributed by atoms with Gasteiger partial charge in [-0.05, 0) is 48.3 Å². The fraction of sp³-hybridized carbons (Fsp3) is 1.00. The Morgan fingerprint density at radius 3 is 2.31 bits per heavy atom. The van der Waals surface area contributed by atoms with Crippen molar-refractivity contribution in [1.82, 2.24) is 0 Å². The van der Waals surface area contributed by atoms with E-state index in [1.165, 1.54) is 42.9 Å². The van der Waals surface area contributed by atoms with Crippen LogP contribution in [0.5, 0.6) is 0 Å². The standard InChI is InChI=1S/C13H22/c1-3-5-9-7-10-8(4-2)6-11-12(9)13(10)11/h8-13H,3-7H2,1-2H3. The van der Waals surface area contributed by atoms with Gasteiger partial charge < -0.3 is 0 Å². The Balaban J connectivity index is 1.71. The van der Waals surface area contributed by atoms with Gasteiger partial charge in [0.15, 0.2) is 0 Å². The van der Waals surface area contributed by atoms with E-state index in [1.807, 2.05) is 0 Å². The molecule has 0 bridgehead atoms. The van der Waals surface area contributed by atoms with Crippen LogP contribution >= 0.6 is 0 Å². The molecule has 0 heterocycles. The van der Waals surface area contributed by atoms with Gasteiger partial charge in [0.2, 0.25) is 0 Å². The minimum Gasteiger partial charge on any atom is -0.0654 e. The maximum atomic E-state index is 2.40. The SMILES string of the molecule is CCCC1CC2C(CC)CC3C1C23. The zero-order chi connectivity index (χ0) is 9.00. The lowest BCUT2D eigenvalue weighted by atomic mass is 9.89. The normalized spacial score (nSPS) is 56.8. The van der Waals surface area contributed by atoms with Gasteiger partial charge in [-0.2, -0.15) is 0 Å². The van der Waals surface area contributed by atoms with E-state index in [0.29, 0.717) is 0 Å². The number of rotatable bonds is 3. The third kappa shape index (κ3) is 0.980. The summed E-state index contributed by atoms with van der Waals surface area (Å²) >= 11 is 0. The molecule has 0 amide bonds. The van der Waals surface area contributed by atoms with Crippen LogP contribution in [0.25, 0.3) is 0 Å². The molecule has 6 unspecified atom stereocenters. The van der Waals surface area contributed by atoms with Gasteiger partial charge in [0.1, 0.15) is 0 Å². The fourth-order valence-electron chi connectivity index (χ4n) is 4.85. The monoisotopic (exact) mass is 178 g/mol. The highest BCUT2D eigenvalue weighted by atomic mass is 14.7. The smallest absolute Gasteiger partial charge is 0.0318 e. The summed E-state index contributed by atoms with van der Waals surface area (Å²) in [6.07, 6.45) is 7.63. The predicted molar refractivity (Wildman–Crippen MR) is 55.4 cm³/mol. The average molecular weight is 178 g/mol. The quantitative estimate of drug-likeness (QED) is 0.618. The molecule has 0 radical (unpaired) electrons. The molecule has 0 aromatic rings. The van der Waals surface area contributed by atoms with Gasteiger partial charge in [0.25, 0.3) is 0 Å². The summed E-state index contributed by atoms with van der Waals surface area (Å²) in [6.45, 7) is 4.76. The van der Waals surface area contributed by atoms with Crippen molar-refractivity contribution >= 4 is 0 Å². The molecule has 3 fully saturated rings. The third-order valence-corrected chi connectivity index (χ3v) is 5.27.